The van der Waals surface area contributed by atoms with Crippen molar-refractivity contribution in [3.63, 3.8) is 0 Å². The zero-order chi connectivity index (χ0) is 15.9. The van der Waals surface area contributed by atoms with Crippen LogP contribution in [0.5, 0.6) is 0 Å². The summed E-state index contributed by atoms with van der Waals surface area (Å²) in [6.45, 7) is 19.8. The second-order valence-electron chi connectivity index (χ2n) is 6.67. The van der Waals surface area contributed by atoms with E-state index in [1.54, 1.807) is 6.08 Å². The molecule has 0 bridgehead atoms. The Morgan fingerprint density at radius 1 is 0.952 bits per heavy atom. The van der Waals surface area contributed by atoms with E-state index in [4.69, 9.17) is 4.12 Å². The molecule has 2 nitrogen and oxygen atoms in total. The molecule has 1 aliphatic rings. The van der Waals surface area contributed by atoms with Gasteiger partial charge in [-0.2, -0.15) is 0 Å². The molecule has 5 heteroatoms. The van der Waals surface area contributed by atoms with E-state index in [1.807, 2.05) is 11.4 Å². The van der Waals surface area contributed by atoms with Crippen molar-refractivity contribution in [2.75, 3.05) is 0 Å². The van der Waals surface area contributed by atoms with E-state index in [9.17, 15) is 5.11 Å². The minimum absolute atomic E-state index is 0. The van der Waals surface area contributed by atoms with Crippen LogP contribution in [0.25, 0.3) is 0 Å². The first-order valence-corrected chi connectivity index (χ1v) is 13.4. The van der Waals surface area contributed by atoms with Gasteiger partial charge in [-0.25, -0.2) is 0 Å². The number of hydrogen-bond acceptors (Lipinski definition) is 2. The molecule has 1 rings (SSSR count). The molecular weight excluding hydrogens is 475 g/mol. The van der Waals surface area contributed by atoms with Crippen molar-refractivity contribution in [1.82, 2.24) is 0 Å². The summed E-state index contributed by atoms with van der Waals surface area (Å²) in [5.41, 5.74) is 3.34. The van der Waals surface area contributed by atoms with Crippen molar-refractivity contribution >= 4 is 16.6 Å². The molecule has 0 radical (unpaired) electrons. The second-order valence-corrected chi connectivity index (χ2v) is 14.9. The molecule has 126 valence electrons. The van der Waals surface area contributed by atoms with Crippen LogP contribution in [-0.4, -0.2) is 27.3 Å². The summed E-state index contributed by atoms with van der Waals surface area (Å²) in [6, 6.07) is 0. The van der Waals surface area contributed by atoms with Crippen LogP contribution in [0, 0.1) is 0 Å². The normalized spacial score (nSPS) is 17.6. The molecule has 0 atom stereocenters. The van der Waals surface area contributed by atoms with E-state index in [0.717, 1.165) is 25.7 Å². The molecule has 1 fully saturated rings. The van der Waals surface area contributed by atoms with Gasteiger partial charge in [-0.1, -0.05) is 36.7 Å². The maximum absolute atomic E-state index is 9.56. The monoisotopic (exact) mass is 507 g/mol. The van der Waals surface area contributed by atoms with Gasteiger partial charge in [-0.3, -0.25) is 0 Å². The summed E-state index contributed by atoms with van der Waals surface area (Å²) >= 11 is 0. The molecule has 0 heterocycles. The third-order valence-electron chi connectivity index (χ3n) is 3.44. The molecular formula is C16H32O2PtSi2. The van der Waals surface area contributed by atoms with Crippen LogP contribution >= 0.6 is 0 Å². The molecule has 1 N–H and O–H groups in total. The van der Waals surface area contributed by atoms with Gasteiger partial charge < -0.3 is 9.22 Å². The van der Waals surface area contributed by atoms with Gasteiger partial charge in [0, 0.05) is 21.1 Å². The van der Waals surface area contributed by atoms with Crippen LogP contribution in [0.15, 0.2) is 37.2 Å². The number of rotatable bonds is 5. The predicted octanol–water partition coefficient (Wildman–Crippen LogP) is 4.73. The predicted molar refractivity (Wildman–Crippen MR) is 94.7 cm³/mol. The Bertz CT molecular complexity index is 324. The van der Waals surface area contributed by atoms with Crippen LogP contribution in [0.1, 0.15) is 32.1 Å². The molecule has 0 spiro atoms. The maximum Gasteiger partial charge on any atom is 0.226 e. The van der Waals surface area contributed by atoms with Gasteiger partial charge in [0.1, 0.15) is 0 Å². The molecule has 0 aromatic heterocycles. The summed E-state index contributed by atoms with van der Waals surface area (Å²) in [4.78, 5) is 0. The van der Waals surface area contributed by atoms with Crippen molar-refractivity contribution in [3.8, 4) is 0 Å². The van der Waals surface area contributed by atoms with E-state index < -0.39 is 22.2 Å². The molecule has 1 saturated carbocycles. The quantitative estimate of drug-likeness (QED) is 0.431. The first-order chi connectivity index (χ1) is 9.10. The first kappa shape index (κ1) is 23.5. The Balaban J connectivity index is 0. The standard InChI is InChI=1S/C8H18OSi2.C8H14O.Pt/c1-7-11(6,8-2)9-10(3,4)5;1-2-8(9)6-4-3-5-7-8;/h7-8H,1-2H2,3-6H3;2,9H,1,3-7H2;. The second kappa shape index (κ2) is 10.1. The van der Waals surface area contributed by atoms with E-state index in [0.29, 0.717) is 0 Å². The van der Waals surface area contributed by atoms with Gasteiger partial charge in [0.25, 0.3) is 0 Å². The summed E-state index contributed by atoms with van der Waals surface area (Å²) in [5, 5.41) is 9.56. The van der Waals surface area contributed by atoms with Crippen LogP contribution in [-0.2, 0) is 25.2 Å². The first-order valence-electron chi connectivity index (χ1n) is 7.43. The van der Waals surface area contributed by atoms with E-state index in [2.05, 4.69) is 45.9 Å². The van der Waals surface area contributed by atoms with Crippen molar-refractivity contribution < 1.29 is 30.3 Å². The topological polar surface area (TPSA) is 29.5 Å². The average Bonchev–Trinajstić information content (AvgIpc) is 2.38. The number of hydrogen-bond donors (Lipinski definition) is 1. The Hall–Kier alpha value is 0.262. The van der Waals surface area contributed by atoms with Gasteiger partial charge >= 0.3 is 0 Å². The molecule has 0 aromatic rings. The van der Waals surface area contributed by atoms with Gasteiger partial charge in [-0.05, 0) is 39.0 Å². The van der Waals surface area contributed by atoms with Crippen LogP contribution in [0.4, 0.5) is 0 Å². The summed E-state index contributed by atoms with van der Waals surface area (Å²) in [6.07, 6.45) is 7.10. The van der Waals surface area contributed by atoms with Crippen molar-refractivity contribution in [1.29, 1.82) is 0 Å². The Labute approximate surface area is 147 Å². The van der Waals surface area contributed by atoms with Crippen LogP contribution in [0.2, 0.25) is 26.2 Å². The van der Waals surface area contributed by atoms with Gasteiger partial charge in [0.2, 0.25) is 8.32 Å². The molecule has 0 unspecified atom stereocenters. The minimum atomic E-state index is -1.74. The molecule has 0 saturated heterocycles. The Morgan fingerprint density at radius 3 is 1.57 bits per heavy atom. The smallest absolute Gasteiger partial charge is 0.226 e. The third-order valence-corrected chi connectivity index (χ3v) is 9.27. The fourth-order valence-electron chi connectivity index (χ4n) is 2.19. The fraction of sp³-hybridized carbons (Fsp3) is 0.625. The Kier molecular flexibility index (Phi) is 11.3. The zero-order valence-electron chi connectivity index (χ0n) is 14.1. The summed E-state index contributed by atoms with van der Waals surface area (Å²) < 4.78 is 5.97. The van der Waals surface area contributed by atoms with E-state index >= 15 is 0 Å². The van der Waals surface area contributed by atoms with Gasteiger partial charge in [0.15, 0.2) is 8.32 Å². The number of aliphatic hydroxyl groups is 1. The summed E-state index contributed by atoms with van der Waals surface area (Å²) in [5.74, 6) is 0. The zero-order valence-corrected chi connectivity index (χ0v) is 18.3. The molecule has 0 aromatic carbocycles. The molecule has 21 heavy (non-hydrogen) atoms. The van der Waals surface area contributed by atoms with Crippen LogP contribution in [0.3, 0.4) is 0 Å². The van der Waals surface area contributed by atoms with E-state index in [-0.39, 0.29) is 21.1 Å². The van der Waals surface area contributed by atoms with Gasteiger partial charge in [-0.15, -0.1) is 19.7 Å². The molecule has 1 aliphatic carbocycles. The van der Waals surface area contributed by atoms with Crippen molar-refractivity contribution in [2.45, 2.75) is 63.9 Å². The minimum Gasteiger partial charge on any atom is -0.450 e. The van der Waals surface area contributed by atoms with Gasteiger partial charge in [0.05, 0.1) is 5.60 Å². The molecule has 0 aliphatic heterocycles. The Morgan fingerprint density at radius 2 is 1.38 bits per heavy atom. The van der Waals surface area contributed by atoms with Crippen molar-refractivity contribution in [3.05, 3.63) is 37.2 Å². The fourth-order valence-corrected chi connectivity index (χ4v) is 8.31. The largest absolute Gasteiger partial charge is 0.450 e. The molecule has 0 amide bonds. The average molecular weight is 508 g/mol. The summed E-state index contributed by atoms with van der Waals surface area (Å²) in [7, 11) is -3.16. The SMILES string of the molecule is C=CC1(O)CCCCC1.C=C[Si](C)(C=C)O[Si](C)(C)C.[Pt]. The third kappa shape index (κ3) is 10.6. The van der Waals surface area contributed by atoms with Crippen molar-refractivity contribution in [2.24, 2.45) is 0 Å². The maximum atomic E-state index is 9.56. The van der Waals surface area contributed by atoms with Crippen LogP contribution < -0.4 is 0 Å². The van der Waals surface area contributed by atoms with E-state index in [1.165, 1.54) is 6.42 Å².